The van der Waals surface area contributed by atoms with Crippen molar-refractivity contribution in [1.29, 1.82) is 0 Å². The number of rotatable bonds is 2. The summed E-state index contributed by atoms with van der Waals surface area (Å²) in [6, 6.07) is 1.17. The minimum absolute atomic E-state index is 0.000696. The number of hydrogen-bond donors (Lipinski definition) is 2. The Morgan fingerprint density at radius 3 is 2.88 bits per heavy atom. The number of ether oxygens (including phenoxy) is 1. The van der Waals surface area contributed by atoms with Gasteiger partial charge in [0, 0.05) is 29.9 Å². The summed E-state index contributed by atoms with van der Waals surface area (Å²) in [6.45, 7) is 3.67. The van der Waals surface area contributed by atoms with Crippen LogP contribution in [0.4, 0.5) is 10.1 Å². The number of hydrogen-bond acceptors (Lipinski definition) is 6. The molecule has 2 aliphatic carbocycles. The largest absolute Gasteiger partial charge is 0.483 e. The Morgan fingerprint density at radius 1 is 1.34 bits per heavy atom. The number of halogens is 1. The van der Waals surface area contributed by atoms with Gasteiger partial charge in [-0.1, -0.05) is 19.1 Å². The Kier molecular flexibility index (Phi) is 3.22. The van der Waals surface area contributed by atoms with Gasteiger partial charge in [-0.2, -0.15) is 0 Å². The molecule has 4 heterocycles. The third kappa shape index (κ3) is 2.00. The van der Waals surface area contributed by atoms with Gasteiger partial charge in [0.05, 0.1) is 11.1 Å². The quantitative estimate of drug-likeness (QED) is 0.579. The average molecular weight is 453 g/mol. The van der Waals surface area contributed by atoms with Gasteiger partial charge in [0.1, 0.15) is 28.2 Å². The van der Waals surface area contributed by atoms with E-state index < -0.39 is 17.2 Å². The van der Waals surface area contributed by atoms with E-state index in [4.69, 9.17) is 10.5 Å². The minimum atomic E-state index is -1.31. The van der Waals surface area contributed by atoms with Crippen LogP contribution >= 0.6 is 11.3 Å². The van der Waals surface area contributed by atoms with E-state index in [1.54, 1.807) is 9.78 Å². The second-order valence-electron chi connectivity index (χ2n) is 9.84. The highest BCUT2D eigenvalue weighted by molar-refractivity contribution is 7.16. The van der Waals surface area contributed by atoms with E-state index >= 15 is 4.39 Å². The van der Waals surface area contributed by atoms with E-state index in [2.05, 4.69) is 19.1 Å². The van der Waals surface area contributed by atoms with Gasteiger partial charge < -0.3 is 20.5 Å². The number of anilines is 1. The summed E-state index contributed by atoms with van der Waals surface area (Å²) in [7, 11) is 0. The molecule has 4 unspecified atom stereocenters. The van der Waals surface area contributed by atoms with E-state index in [0.29, 0.717) is 40.8 Å². The lowest BCUT2D eigenvalue weighted by atomic mass is 9.76. The van der Waals surface area contributed by atoms with Gasteiger partial charge in [-0.3, -0.25) is 9.20 Å². The summed E-state index contributed by atoms with van der Waals surface area (Å²) in [5, 5.41) is 11.5. The maximum absolute atomic E-state index is 15.6. The lowest BCUT2D eigenvalue weighted by Gasteiger charge is -2.30. The Balaban J connectivity index is 1.47. The molecule has 0 amide bonds. The first kappa shape index (κ1) is 18.6. The van der Waals surface area contributed by atoms with Gasteiger partial charge in [-0.05, 0) is 23.8 Å². The molecule has 0 radical (unpaired) electrons. The minimum Gasteiger partial charge on any atom is -0.483 e. The van der Waals surface area contributed by atoms with Gasteiger partial charge in [-0.25, -0.2) is 9.18 Å². The van der Waals surface area contributed by atoms with Crippen molar-refractivity contribution in [3.63, 3.8) is 0 Å². The van der Waals surface area contributed by atoms with Crippen molar-refractivity contribution in [1.82, 2.24) is 4.40 Å². The zero-order valence-corrected chi connectivity index (χ0v) is 18.0. The summed E-state index contributed by atoms with van der Waals surface area (Å²) in [6.07, 6.45) is 5.24. The summed E-state index contributed by atoms with van der Waals surface area (Å²) >= 11 is 1.19. The maximum Gasteiger partial charge on any atom is 0.342 e. The second kappa shape index (κ2) is 5.52. The Bertz CT molecular complexity index is 1470. The average Bonchev–Trinajstić information content (AvgIpc) is 3.47. The fraction of sp³-hybridized carbons (Fsp3) is 0.391. The number of nitrogens with two attached hydrogens (primary N) is 1. The lowest BCUT2D eigenvalue weighted by Crippen LogP contribution is -2.43. The topological polar surface area (TPSA) is 97.3 Å². The van der Waals surface area contributed by atoms with Crippen LogP contribution in [-0.2, 0) is 6.61 Å². The van der Waals surface area contributed by atoms with Gasteiger partial charge in [0.2, 0.25) is 5.43 Å². The van der Waals surface area contributed by atoms with E-state index in [9.17, 15) is 14.7 Å². The first-order chi connectivity index (χ1) is 15.2. The van der Waals surface area contributed by atoms with Crippen LogP contribution in [0.1, 0.15) is 29.4 Å². The molecule has 164 valence electrons. The van der Waals surface area contributed by atoms with E-state index in [0.717, 1.165) is 12.1 Å². The maximum atomic E-state index is 15.6. The van der Waals surface area contributed by atoms with Gasteiger partial charge in [0.15, 0.2) is 11.6 Å². The predicted molar refractivity (Wildman–Crippen MR) is 118 cm³/mol. The molecule has 3 aromatic rings. The number of carboxylic acid groups (broad SMARTS) is 1. The van der Waals surface area contributed by atoms with Gasteiger partial charge in [-0.15, -0.1) is 11.3 Å². The molecular formula is C23H20FN3O4S. The standard InChI is InChI=1S/C23H20FN3O4S/c1-22-2-3-23(25,9-22)13-6-26(5-12(13)22)17-14(24)4-11-16-19(17)31-7-10-8-32-20(27(10)16)15(18(11)28)21(29)30/h2-4,8,12-13H,5-7,9,25H2,1H3,(H,29,30). The zero-order chi connectivity index (χ0) is 22.2. The van der Waals surface area contributed by atoms with Crippen molar-refractivity contribution in [3.8, 4) is 5.75 Å². The van der Waals surface area contributed by atoms with E-state index in [1.807, 2.05) is 4.90 Å². The molecule has 2 bridgehead atoms. The van der Waals surface area contributed by atoms with Gasteiger partial charge in [0.25, 0.3) is 0 Å². The molecule has 4 aliphatic rings. The molecule has 7 rings (SSSR count). The fourth-order valence-corrected chi connectivity index (χ4v) is 7.74. The fourth-order valence-electron chi connectivity index (χ4n) is 6.71. The van der Waals surface area contributed by atoms with E-state index in [-0.39, 0.29) is 34.4 Å². The molecule has 1 aromatic carbocycles. The van der Waals surface area contributed by atoms with Crippen LogP contribution in [0, 0.1) is 23.1 Å². The van der Waals surface area contributed by atoms with Crippen LogP contribution in [0.25, 0.3) is 15.7 Å². The summed E-state index contributed by atoms with van der Waals surface area (Å²) in [4.78, 5) is 27.2. The zero-order valence-electron chi connectivity index (χ0n) is 17.2. The van der Waals surface area contributed by atoms with Crippen molar-refractivity contribution in [2.24, 2.45) is 23.0 Å². The van der Waals surface area contributed by atoms with Crippen LogP contribution in [0.2, 0.25) is 0 Å². The smallest absolute Gasteiger partial charge is 0.342 e. The SMILES string of the molecule is CC12C=CC(N)(C1)C1CN(c3c(F)cc4c(=O)c(C(=O)O)c5scc6n5c4c3OC6)CC12. The van der Waals surface area contributed by atoms with Crippen LogP contribution in [0.15, 0.2) is 28.4 Å². The monoisotopic (exact) mass is 453 g/mol. The Hall–Kier alpha value is -2.91. The summed E-state index contributed by atoms with van der Waals surface area (Å²) in [5.41, 5.74) is 6.85. The van der Waals surface area contributed by atoms with Crippen LogP contribution in [0.3, 0.4) is 0 Å². The van der Waals surface area contributed by atoms with Crippen LogP contribution in [-0.4, -0.2) is 34.1 Å². The van der Waals surface area contributed by atoms with Crippen molar-refractivity contribution in [2.75, 3.05) is 18.0 Å². The Morgan fingerprint density at radius 2 is 2.12 bits per heavy atom. The van der Waals surface area contributed by atoms with Crippen molar-refractivity contribution in [3.05, 3.63) is 50.9 Å². The number of aromatic nitrogens is 1. The molecule has 32 heavy (non-hydrogen) atoms. The molecule has 3 N–H and O–H groups in total. The second-order valence-corrected chi connectivity index (χ2v) is 10.7. The first-order valence-corrected chi connectivity index (χ1v) is 11.5. The molecule has 7 nitrogen and oxygen atoms in total. The number of carboxylic acids is 1. The molecular weight excluding hydrogens is 433 g/mol. The number of aromatic carboxylic acids is 1. The molecule has 1 saturated carbocycles. The predicted octanol–water partition coefficient (Wildman–Crippen LogP) is 2.97. The van der Waals surface area contributed by atoms with Crippen molar-refractivity contribution in [2.45, 2.75) is 25.5 Å². The van der Waals surface area contributed by atoms with Gasteiger partial charge >= 0.3 is 5.97 Å². The number of allylic oxidation sites excluding steroid dienone is 1. The third-order valence-corrected chi connectivity index (χ3v) is 9.10. The summed E-state index contributed by atoms with van der Waals surface area (Å²) in [5.74, 6) is -1.04. The number of nitrogens with zero attached hydrogens (tertiary/aromatic N) is 2. The van der Waals surface area contributed by atoms with Crippen LogP contribution in [0.5, 0.6) is 5.75 Å². The normalized spacial score (nSPS) is 31.8. The van der Waals surface area contributed by atoms with Crippen molar-refractivity contribution >= 4 is 38.7 Å². The summed E-state index contributed by atoms with van der Waals surface area (Å²) < 4.78 is 23.4. The highest BCUT2D eigenvalue weighted by Crippen LogP contribution is 2.61. The molecule has 4 atom stereocenters. The number of pyridine rings is 1. The third-order valence-electron chi connectivity index (χ3n) is 8.10. The Labute approximate surface area is 185 Å². The number of fused-ring (bicyclic) bond motifs is 5. The highest BCUT2D eigenvalue weighted by Gasteiger charge is 2.62. The molecule has 0 spiro atoms. The van der Waals surface area contributed by atoms with E-state index in [1.165, 1.54) is 17.4 Å². The number of carbonyl (C=O) groups is 1. The van der Waals surface area contributed by atoms with Crippen LogP contribution < -0.4 is 20.8 Å². The molecule has 2 fully saturated rings. The molecule has 1 saturated heterocycles. The lowest BCUT2D eigenvalue weighted by molar-refractivity contribution is 0.0697. The number of thiazole rings is 1. The first-order valence-electron chi connectivity index (χ1n) is 10.6. The number of benzene rings is 1. The molecule has 2 aromatic heterocycles. The van der Waals surface area contributed by atoms with Crippen molar-refractivity contribution < 1.29 is 19.0 Å². The molecule has 2 aliphatic heterocycles. The highest BCUT2D eigenvalue weighted by atomic mass is 32.1. The molecule has 9 heteroatoms.